The summed E-state index contributed by atoms with van der Waals surface area (Å²) in [6, 6.07) is 0. The Bertz CT molecular complexity index is 154. The number of terminal acetylenes is 1. The highest BCUT2D eigenvalue weighted by Crippen LogP contribution is 2.05. The first-order valence-electron chi connectivity index (χ1n) is 2.84. The van der Waals surface area contributed by atoms with E-state index in [1.54, 1.807) is 13.0 Å². The second-order valence-corrected chi connectivity index (χ2v) is 2.51. The SMILES string of the molecule is C#CC(C)(O)C=C(C)C. The largest absolute Gasteiger partial charge is 0.374 e. The summed E-state index contributed by atoms with van der Waals surface area (Å²) in [5.74, 6) is 2.25. The lowest BCUT2D eigenvalue weighted by molar-refractivity contribution is 0.173. The summed E-state index contributed by atoms with van der Waals surface area (Å²) in [5.41, 5.74) is -0.0447. The lowest BCUT2D eigenvalue weighted by Crippen LogP contribution is -2.17. The van der Waals surface area contributed by atoms with Crippen LogP contribution in [0.15, 0.2) is 11.6 Å². The molecule has 9 heavy (non-hydrogen) atoms. The summed E-state index contributed by atoms with van der Waals surface area (Å²) in [7, 11) is 0. The van der Waals surface area contributed by atoms with E-state index in [0.29, 0.717) is 0 Å². The van der Waals surface area contributed by atoms with Crippen LogP contribution < -0.4 is 0 Å². The van der Waals surface area contributed by atoms with Crippen molar-refractivity contribution < 1.29 is 5.11 Å². The van der Waals surface area contributed by atoms with E-state index in [-0.39, 0.29) is 0 Å². The molecular weight excluding hydrogens is 112 g/mol. The minimum atomic E-state index is -1.07. The van der Waals surface area contributed by atoms with E-state index in [9.17, 15) is 5.11 Å². The zero-order chi connectivity index (χ0) is 7.49. The van der Waals surface area contributed by atoms with Crippen molar-refractivity contribution in [1.82, 2.24) is 0 Å². The first-order chi connectivity index (χ1) is 3.98. The van der Waals surface area contributed by atoms with E-state index in [0.717, 1.165) is 5.57 Å². The molecule has 0 aliphatic rings. The van der Waals surface area contributed by atoms with Crippen molar-refractivity contribution in [2.75, 3.05) is 0 Å². The normalized spacial score (nSPS) is 15.4. The Morgan fingerprint density at radius 1 is 1.67 bits per heavy atom. The molecule has 0 aliphatic heterocycles. The zero-order valence-corrected chi connectivity index (χ0v) is 6.10. The van der Waals surface area contributed by atoms with Gasteiger partial charge >= 0.3 is 0 Å². The van der Waals surface area contributed by atoms with Crippen LogP contribution in [0, 0.1) is 12.3 Å². The predicted octanol–water partition coefficient (Wildman–Crippen LogP) is 1.34. The third kappa shape index (κ3) is 3.81. The maximum atomic E-state index is 9.18. The van der Waals surface area contributed by atoms with E-state index >= 15 is 0 Å². The Hall–Kier alpha value is -0.740. The molecule has 1 N–H and O–H groups in total. The summed E-state index contributed by atoms with van der Waals surface area (Å²) < 4.78 is 0. The van der Waals surface area contributed by atoms with Crippen molar-refractivity contribution in [3.63, 3.8) is 0 Å². The van der Waals surface area contributed by atoms with Gasteiger partial charge in [-0.15, -0.1) is 6.42 Å². The molecule has 0 fully saturated rings. The molecule has 0 aromatic rings. The van der Waals surface area contributed by atoms with Crippen LogP contribution in [0.1, 0.15) is 20.8 Å². The van der Waals surface area contributed by atoms with Gasteiger partial charge in [0, 0.05) is 0 Å². The monoisotopic (exact) mass is 124 g/mol. The third-order valence-corrected chi connectivity index (χ3v) is 0.862. The second kappa shape index (κ2) is 2.70. The molecular formula is C8H12O. The molecule has 50 valence electrons. The van der Waals surface area contributed by atoms with Gasteiger partial charge in [0.1, 0.15) is 5.60 Å². The Morgan fingerprint density at radius 3 is 2.22 bits per heavy atom. The number of hydrogen-bond donors (Lipinski definition) is 1. The molecule has 0 aromatic carbocycles. The van der Waals surface area contributed by atoms with Crippen LogP contribution >= 0.6 is 0 Å². The van der Waals surface area contributed by atoms with E-state index in [2.05, 4.69) is 5.92 Å². The molecule has 0 spiro atoms. The molecule has 0 rings (SSSR count). The van der Waals surface area contributed by atoms with Crippen LogP contribution in [-0.4, -0.2) is 10.7 Å². The summed E-state index contributed by atoms with van der Waals surface area (Å²) in [6.07, 6.45) is 6.66. The van der Waals surface area contributed by atoms with Crippen LogP contribution in [0.5, 0.6) is 0 Å². The Balaban J connectivity index is 4.24. The molecule has 0 saturated carbocycles. The van der Waals surface area contributed by atoms with Crippen LogP contribution in [0.2, 0.25) is 0 Å². The molecule has 0 aromatic heterocycles. The molecule has 0 saturated heterocycles. The van der Waals surface area contributed by atoms with Gasteiger partial charge in [-0.3, -0.25) is 0 Å². The first kappa shape index (κ1) is 8.26. The second-order valence-electron chi connectivity index (χ2n) is 2.51. The average molecular weight is 124 g/mol. The van der Waals surface area contributed by atoms with Gasteiger partial charge < -0.3 is 5.11 Å². The summed E-state index contributed by atoms with van der Waals surface area (Å²) >= 11 is 0. The summed E-state index contributed by atoms with van der Waals surface area (Å²) in [6.45, 7) is 5.37. The fourth-order valence-corrected chi connectivity index (χ4v) is 0.604. The fraction of sp³-hybridized carbons (Fsp3) is 0.500. The molecule has 1 atom stereocenters. The molecule has 0 radical (unpaired) electrons. The van der Waals surface area contributed by atoms with E-state index < -0.39 is 5.60 Å². The Labute approximate surface area is 56.4 Å². The van der Waals surface area contributed by atoms with Crippen LogP contribution in [0.3, 0.4) is 0 Å². The zero-order valence-electron chi connectivity index (χ0n) is 6.10. The third-order valence-electron chi connectivity index (χ3n) is 0.862. The van der Waals surface area contributed by atoms with Crippen LogP contribution in [-0.2, 0) is 0 Å². The van der Waals surface area contributed by atoms with Gasteiger partial charge in [-0.1, -0.05) is 11.5 Å². The van der Waals surface area contributed by atoms with E-state index in [1.165, 1.54) is 0 Å². The quantitative estimate of drug-likeness (QED) is 0.413. The fourth-order valence-electron chi connectivity index (χ4n) is 0.604. The Morgan fingerprint density at radius 2 is 2.11 bits per heavy atom. The maximum Gasteiger partial charge on any atom is 0.141 e. The maximum absolute atomic E-state index is 9.18. The standard InChI is InChI=1S/C8H12O/c1-5-8(4,9)6-7(2)3/h1,6,9H,2-4H3. The van der Waals surface area contributed by atoms with Gasteiger partial charge in [0.15, 0.2) is 0 Å². The van der Waals surface area contributed by atoms with E-state index in [4.69, 9.17) is 6.42 Å². The highest BCUT2D eigenvalue weighted by atomic mass is 16.3. The van der Waals surface area contributed by atoms with Crippen LogP contribution in [0.4, 0.5) is 0 Å². The summed E-state index contributed by atoms with van der Waals surface area (Å²) in [4.78, 5) is 0. The number of aliphatic hydroxyl groups is 1. The lowest BCUT2D eigenvalue weighted by atomic mass is 10.1. The lowest BCUT2D eigenvalue weighted by Gasteiger charge is -2.09. The number of hydrogen-bond acceptors (Lipinski definition) is 1. The van der Waals surface area contributed by atoms with Gasteiger partial charge in [-0.2, -0.15) is 0 Å². The first-order valence-corrected chi connectivity index (χ1v) is 2.84. The minimum Gasteiger partial charge on any atom is -0.374 e. The summed E-state index contributed by atoms with van der Waals surface area (Å²) in [5, 5.41) is 9.18. The molecule has 0 aliphatic carbocycles. The topological polar surface area (TPSA) is 20.2 Å². The van der Waals surface area contributed by atoms with Gasteiger partial charge in [0.25, 0.3) is 0 Å². The Kier molecular flexibility index (Phi) is 2.48. The van der Waals surface area contributed by atoms with Crippen molar-refractivity contribution in [2.24, 2.45) is 0 Å². The molecule has 0 heterocycles. The van der Waals surface area contributed by atoms with Gasteiger partial charge in [-0.25, -0.2) is 0 Å². The van der Waals surface area contributed by atoms with Gasteiger partial charge in [-0.05, 0) is 26.8 Å². The predicted molar refractivity (Wildman–Crippen MR) is 38.9 cm³/mol. The van der Waals surface area contributed by atoms with Gasteiger partial charge in [0.2, 0.25) is 0 Å². The molecule has 1 nitrogen and oxygen atoms in total. The number of allylic oxidation sites excluding steroid dienone is 1. The van der Waals surface area contributed by atoms with Crippen molar-refractivity contribution in [2.45, 2.75) is 26.4 Å². The van der Waals surface area contributed by atoms with Crippen molar-refractivity contribution in [3.8, 4) is 12.3 Å². The van der Waals surface area contributed by atoms with Crippen LogP contribution in [0.25, 0.3) is 0 Å². The van der Waals surface area contributed by atoms with Crippen molar-refractivity contribution in [1.29, 1.82) is 0 Å². The minimum absolute atomic E-state index is 1.03. The van der Waals surface area contributed by atoms with Crippen molar-refractivity contribution >= 4 is 0 Å². The highest BCUT2D eigenvalue weighted by molar-refractivity contribution is 5.19. The average Bonchev–Trinajstić information content (AvgIpc) is 1.63. The van der Waals surface area contributed by atoms with E-state index in [1.807, 2.05) is 13.8 Å². The molecule has 1 heteroatoms. The smallest absolute Gasteiger partial charge is 0.141 e. The highest BCUT2D eigenvalue weighted by Gasteiger charge is 2.10. The van der Waals surface area contributed by atoms with Gasteiger partial charge in [0.05, 0.1) is 0 Å². The van der Waals surface area contributed by atoms with Crippen molar-refractivity contribution in [3.05, 3.63) is 11.6 Å². The molecule has 0 amide bonds. The molecule has 1 unspecified atom stereocenters. The molecule has 0 bridgehead atoms. The number of rotatable bonds is 1.